The molecule has 0 aliphatic heterocycles. The topological polar surface area (TPSA) is 65.6 Å². The molecule has 0 saturated heterocycles. The average molecular weight is 400 g/mol. The molecule has 0 amide bonds. The van der Waals surface area contributed by atoms with Gasteiger partial charge in [-0.15, -0.1) is 5.10 Å². The minimum Gasteiger partial charge on any atom is -0.293 e. The Bertz CT molecular complexity index is 1120. The van der Waals surface area contributed by atoms with Crippen molar-refractivity contribution in [2.75, 3.05) is 0 Å². The summed E-state index contributed by atoms with van der Waals surface area (Å²) in [6.07, 6.45) is 1.45. The van der Waals surface area contributed by atoms with Crippen molar-refractivity contribution >= 4 is 27.1 Å². The monoisotopic (exact) mass is 399 g/mol. The molecule has 124 valence electrons. The molecular weight excluding hydrogens is 389 g/mol. The van der Waals surface area contributed by atoms with E-state index in [1.54, 1.807) is 12.1 Å². The quantitative estimate of drug-likeness (QED) is 0.531. The third-order valence-corrected chi connectivity index (χ3v) is 4.28. The SMILES string of the molecule is O=c1c2nnn(-c3cccc(F)c3)c2ncn1Cc1ccc(Br)cc1. The molecule has 8 heteroatoms. The van der Waals surface area contributed by atoms with E-state index in [0.717, 1.165) is 10.0 Å². The van der Waals surface area contributed by atoms with Gasteiger partial charge in [-0.2, -0.15) is 4.68 Å². The van der Waals surface area contributed by atoms with E-state index in [9.17, 15) is 9.18 Å². The van der Waals surface area contributed by atoms with E-state index in [-0.39, 0.29) is 11.1 Å². The fourth-order valence-corrected chi connectivity index (χ4v) is 2.79. The highest BCUT2D eigenvalue weighted by atomic mass is 79.9. The van der Waals surface area contributed by atoms with Crippen LogP contribution in [0.3, 0.4) is 0 Å². The van der Waals surface area contributed by atoms with Crippen molar-refractivity contribution in [2.24, 2.45) is 0 Å². The van der Waals surface area contributed by atoms with E-state index in [1.807, 2.05) is 24.3 Å². The zero-order valence-corrected chi connectivity index (χ0v) is 14.4. The number of aromatic nitrogens is 5. The summed E-state index contributed by atoms with van der Waals surface area (Å²) in [7, 11) is 0. The summed E-state index contributed by atoms with van der Waals surface area (Å²) in [5.41, 5.74) is 1.56. The number of halogens is 2. The lowest BCUT2D eigenvalue weighted by Gasteiger charge is -2.06. The summed E-state index contributed by atoms with van der Waals surface area (Å²) in [5.74, 6) is -0.398. The van der Waals surface area contributed by atoms with Crippen LogP contribution < -0.4 is 5.56 Å². The Labute approximate surface area is 149 Å². The first kappa shape index (κ1) is 15.6. The molecule has 0 atom stereocenters. The molecule has 2 aromatic carbocycles. The van der Waals surface area contributed by atoms with Crippen LogP contribution in [-0.2, 0) is 6.54 Å². The van der Waals surface area contributed by atoms with Gasteiger partial charge in [0.2, 0.25) is 0 Å². The van der Waals surface area contributed by atoms with Gasteiger partial charge in [-0.1, -0.05) is 39.3 Å². The minimum absolute atomic E-state index is 0.142. The largest absolute Gasteiger partial charge is 0.293 e. The summed E-state index contributed by atoms with van der Waals surface area (Å²) >= 11 is 3.38. The van der Waals surface area contributed by atoms with Crippen LogP contribution in [-0.4, -0.2) is 24.5 Å². The Balaban J connectivity index is 1.77. The lowest BCUT2D eigenvalue weighted by molar-refractivity contribution is 0.625. The molecule has 4 rings (SSSR count). The van der Waals surface area contributed by atoms with Crippen LogP contribution in [0.1, 0.15) is 5.56 Å². The molecule has 0 radical (unpaired) electrons. The Morgan fingerprint density at radius 2 is 1.92 bits per heavy atom. The van der Waals surface area contributed by atoms with Crippen LogP contribution in [0, 0.1) is 5.82 Å². The molecule has 0 bridgehead atoms. The van der Waals surface area contributed by atoms with Gasteiger partial charge < -0.3 is 0 Å². The zero-order chi connectivity index (χ0) is 17.4. The predicted octanol–water partition coefficient (Wildman–Crippen LogP) is 2.93. The predicted molar refractivity (Wildman–Crippen MR) is 94.1 cm³/mol. The Kier molecular flexibility index (Phi) is 3.89. The van der Waals surface area contributed by atoms with E-state index in [2.05, 4.69) is 31.2 Å². The second-order valence-electron chi connectivity index (χ2n) is 5.46. The van der Waals surface area contributed by atoms with Gasteiger partial charge in [0.15, 0.2) is 11.2 Å². The number of benzene rings is 2. The Morgan fingerprint density at radius 1 is 1.12 bits per heavy atom. The van der Waals surface area contributed by atoms with Gasteiger partial charge in [-0.3, -0.25) is 9.36 Å². The molecule has 2 heterocycles. The molecule has 0 unspecified atom stereocenters. The van der Waals surface area contributed by atoms with Crippen molar-refractivity contribution in [1.29, 1.82) is 0 Å². The van der Waals surface area contributed by atoms with Gasteiger partial charge in [0, 0.05) is 4.47 Å². The van der Waals surface area contributed by atoms with E-state index >= 15 is 0 Å². The summed E-state index contributed by atoms with van der Waals surface area (Å²) < 4.78 is 17.2. The fourth-order valence-electron chi connectivity index (χ4n) is 2.52. The summed E-state index contributed by atoms with van der Waals surface area (Å²) in [6.45, 7) is 0.377. The minimum atomic E-state index is -0.398. The van der Waals surface area contributed by atoms with Gasteiger partial charge >= 0.3 is 0 Å². The number of hydrogen-bond acceptors (Lipinski definition) is 4. The molecule has 0 aliphatic rings. The normalized spacial score (nSPS) is 11.1. The average Bonchev–Trinajstić information content (AvgIpc) is 3.04. The van der Waals surface area contributed by atoms with Gasteiger partial charge in [0.05, 0.1) is 12.2 Å². The number of fused-ring (bicyclic) bond motifs is 1. The highest BCUT2D eigenvalue weighted by Crippen LogP contribution is 2.14. The zero-order valence-electron chi connectivity index (χ0n) is 12.8. The molecular formula is C17H11BrFN5O. The molecule has 4 aromatic rings. The maximum Gasteiger partial charge on any atom is 0.283 e. The van der Waals surface area contributed by atoms with Crippen molar-refractivity contribution < 1.29 is 4.39 Å². The molecule has 2 aromatic heterocycles. The van der Waals surface area contributed by atoms with Crippen LogP contribution in [0.4, 0.5) is 4.39 Å². The molecule has 6 nitrogen and oxygen atoms in total. The molecule has 0 saturated carbocycles. The number of rotatable bonds is 3. The third-order valence-electron chi connectivity index (χ3n) is 3.75. The second-order valence-corrected chi connectivity index (χ2v) is 6.37. The molecule has 25 heavy (non-hydrogen) atoms. The molecule has 0 spiro atoms. The lowest BCUT2D eigenvalue weighted by atomic mass is 10.2. The van der Waals surface area contributed by atoms with Gasteiger partial charge in [-0.25, -0.2) is 9.37 Å². The van der Waals surface area contributed by atoms with Gasteiger partial charge in [0.25, 0.3) is 5.56 Å². The molecule has 0 N–H and O–H groups in total. The maximum atomic E-state index is 13.4. The molecule has 0 aliphatic carbocycles. The van der Waals surface area contributed by atoms with Gasteiger partial charge in [-0.05, 0) is 35.9 Å². The van der Waals surface area contributed by atoms with E-state index < -0.39 is 5.82 Å². The Morgan fingerprint density at radius 3 is 2.68 bits per heavy atom. The standard InChI is InChI=1S/C17H11BrFN5O/c18-12-6-4-11(5-7-12)9-23-10-20-16-15(17(23)25)21-22-24(16)14-3-1-2-13(19)8-14/h1-8,10H,9H2. The maximum absolute atomic E-state index is 13.4. The van der Waals surface area contributed by atoms with Crippen molar-refractivity contribution in [3.05, 3.63) is 81.1 Å². The smallest absolute Gasteiger partial charge is 0.283 e. The first-order valence-electron chi connectivity index (χ1n) is 7.43. The summed E-state index contributed by atoms with van der Waals surface area (Å²) in [6, 6.07) is 13.5. The van der Waals surface area contributed by atoms with Gasteiger partial charge in [0.1, 0.15) is 12.1 Å². The van der Waals surface area contributed by atoms with Crippen molar-refractivity contribution in [1.82, 2.24) is 24.5 Å². The van der Waals surface area contributed by atoms with Crippen LogP contribution >= 0.6 is 15.9 Å². The van der Waals surface area contributed by atoms with Crippen molar-refractivity contribution in [3.8, 4) is 5.69 Å². The summed E-state index contributed by atoms with van der Waals surface area (Å²) in [4.78, 5) is 16.9. The molecule has 0 fully saturated rings. The van der Waals surface area contributed by atoms with E-state index in [0.29, 0.717) is 17.9 Å². The van der Waals surface area contributed by atoms with Crippen LogP contribution in [0.25, 0.3) is 16.9 Å². The van der Waals surface area contributed by atoms with Crippen LogP contribution in [0.5, 0.6) is 0 Å². The summed E-state index contributed by atoms with van der Waals surface area (Å²) in [5, 5.41) is 7.87. The van der Waals surface area contributed by atoms with Crippen molar-refractivity contribution in [2.45, 2.75) is 6.54 Å². The van der Waals surface area contributed by atoms with Crippen LogP contribution in [0.15, 0.2) is 64.1 Å². The first-order chi connectivity index (χ1) is 12.1. The number of nitrogens with zero attached hydrogens (tertiary/aromatic N) is 5. The van der Waals surface area contributed by atoms with Crippen LogP contribution in [0.2, 0.25) is 0 Å². The van der Waals surface area contributed by atoms with E-state index in [1.165, 1.54) is 27.7 Å². The van der Waals surface area contributed by atoms with Crippen molar-refractivity contribution in [3.63, 3.8) is 0 Å². The second kappa shape index (κ2) is 6.21. The highest BCUT2D eigenvalue weighted by molar-refractivity contribution is 9.10. The first-order valence-corrected chi connectivity index (χ1v) is 8.22. The fraction of sp³-hybridized carbons (Fsp3) is 0.0588. The highest BCUT2D eigenvalue weighted by Gasteiger charge is 2.13. The van der Waals surface area contributed by atoms with E-state index in [4.69, 9.17) is 0 Å². The number of hydrogen-bond donors (Lipinski definition) is 0. The lowest BCUT2D eigenvalue weighted by Crippen LogP contribution is -2.21. The Hall–Kier alpha value is -2.87. The third kappa shape index (κ3) is 2.96.